The zero-order valence-electron chi connectivity index (χ0n) is 17.1. The number of carbonyl (C=O) groups excluding carboxylic acids is 1. The van der Waals surface area contributed by atoms with Crippen LogP contribution in [0.25, 0.3) is 0 Å². The predicted molar refractivity (Wildman–Crippen MR) is 114 cm³/mol. The first kappa shape index (κ1) is 19.2. The summed E-state index contributed by atoms with van der Waals surface area (Å²) in [6.07, 6.45) is 2.51. The summed E-state index contributed by atoms with van der Waals surface area (Å²) in [5.74, 6) is 0.190. The van der Waals surface area contributed by atoms with Crippen molar-refractivity contribution in [1.82, 2.24) is 15.5 Å². The molecule has 0 radical (unpaired) electrons. The van der Waals surface area contributed by atoms with E-state index < -0.39 is 5.54 Å². The molecule has 4 nitrogen and oxygen atoms in total. The molecule has 1 saturated heterocycles. The lowest BCUT2D eigenvalue weighted by Crippen LogP contribution is -2.64. The van der Waals surface area contributed by atoms with Gasteiger partial charge in [0.2, 0.25) is 5.91 Å². The average Bonchev–Trinajstić information content (AvgIpc) is 3.09. The smallest absolute Gasteiger partial charge is 0.241 e. The van der Waals surface area contributed by atoms with Gasteiger partial charge in [-0.3, -0.25) is 9.69 Å². The van der Waals surface area contributed by atoms with Gasteiger partial charge in [-0.05, 0) is 37.0 Å². The fourth-order valence-electron chi connectivity index (χ4n) is 4.91. The molecule has 1 amide bonds. The molecular weight excluding hydrogens is 346 g/mol. The molecule has 0 bridgehead atoms. The molecule has 2 N–H and O–H groups in total. The van der Waals surface area contributed by atoms with Gasteiger partial charge >= 0.3 is 0 Å². The van der Waals surface area contributed by atoms with Gasteiger partial charge in [0.05, 0.1) is 0 Å². The summed E-state index contributed by atoms with van der Waals surface area (Å²) in [5.41, 5.74) is 6.07. The second kappa shape index (κ2) is 8.06. The standard InChI is InChI=1S/C24H31N3O/c1-18-13-19(2)15-20(14-18)7-8-26-23(28)24(27-11-9-25-10-12-27)16-21-5-3-4-6-22(21)17-24/h3-6,13-15,25H,7-12,16-17H2,1-2H3,(H,26,28). The maximum absolute atomic E-state index is 13.5. The zero-order valence-corrected chi connectivity index (χ0v) is 17.1. The van der Waals surface area contributed by atoms with Crippen molar-refractivity contribution in [2.75, 3.05) is 32.7 Å². The summed E-state index contributed by atoms with van der Waals surface area (Å²) in [7, 11) is 0. The molecule has 2 aromatic carbocycles. The van der Waals surface area contributed by atoms with Crippen molar-refractivity contribution in [2.45, 2.75) is 38.6 Å². The second-order valence-electron chi connectivity index (χ2n) is 8.39. The van der Waals surface area contributed by atoms with E-state index in [1.54, 1.807) is 0 Å². The van der Waals surface area contributed by atoms with Gasteiger partial charge in [0.1, 0.15) is 5.54 Å². The zero-order chi connectivity index (χ0) is 19.6. The third-order valence-electron chi connectivity index (χ3n) is 6.21. The number of aryl methyl sites for hydroxylation is 2. The summed E-state index contributed by atoms with van der Waals surface area (Å²) in [6, 6.07) is 15.2. The molecule has 0 unspecified atom stereocenters. The molecule has 0 aromatic heterocycles. The fraction of sp³-hybridized carbons (Fsp3) is 0.458. The Morgan fingerprint density at radius 1 is 1.04 bits per heavy atom. The van der Waals surface area contributed by atoms with Crippen molar-refractivity contribution >= 4 is 5.91 Å². The molecule has 2 aromatic rings. The highest BCUT2D eigenvalue weighted by molar-refractivity contribution is 5.88. The molecule has 1 aliphatic heterocycles. The van der Waals surface area contributed by atoms with Gasteiger partial charge in [-0.2, -0.15) is 0 Å². The van der Waals surface area contributed by atoms with Crippen LogP contribution in [-0.2, 0) is 24.1 Å². The second-order valence-corrected chi connectivity index (χ2v) is 8.39. The molecule has 1 fully saturated rings. The first-order chi connectivity index (χ1) is 13.6. The minimum atomic E-state index is -0.436. The quantitative estimate of drug-likeness (QED) is 0.841. The Morgan fingerprint density at radius 3 is 2.25 bits per heavy atom. The van der Waals surface area contributed by atoms with Crippen molar-refractivity contribution in [3.8, 4) is 0 Å². The van der Waals surface area contributed by atoms with Crippen LogP contribution in [0, 0.1) is 13.8 Å². The van der Waals surface area contributed by atoms with Crippen molar-refractivity contribution in [1.29, 1.82) is 0 Å². The third kappa shape index (κ3) is 3.85. The Hall–Kier alpha value is -2.17. The molecule has 28 heavy (non-hydrogen) atoms. The maximum atomic E-state index is 13.5. The highest BCUT2D eigenvalue weighted by Gasteiger charge is 2.48. The molecule has 4 rings (SSSR count). The number of piperazine rings is 1. The number of hydrogen-bond donors (Lipinski definition) is 2. The summed E-state index contributed by atoms with van der Waals surface area (Å²) in [6.45, 7) is 8.71. The Labute approximate surface area is 168 Å². The van der Waals surface area contributed by atoms with E-state index in [0.29, 0.717) is 6.54 Å². The van der Waals surface area contributed by atoms with E-state index in [2.05, 4.69) is 71.8 Å². The van der Waals surface area contributed by atoms with Gasteiger partial charge in [-0.1, -0.05) is 53.6 Å². The van der Waals surface area contributed by atoms with Crippen LogP contribution in [-0.4, -0.2) is 49.1 Å². The summed E-state index contributed by atoms with van der Waals surface area (Å²) < 4.78 is 0. The van der Waals surface area contributed by atoms with Crippen LogP contribution in [0.1, 0.15) is 27.8 Å². The largest absolute Gasteiger partial charge is 0.354 e. The summed E-state index contributed by atoms with van der Waals surface area (Å²) in [5, 5.41) is 6.70. The monoisotopic (exact) mass is 377 g/mol. The average molecular weight is 378 g/mol. The van der Waals surface area contributed by atoms with Gasteiger partial charge in [0, 0.05) is 45.6 Å². The lowest BCUT2D eigenvalue weighted by molar-refractivity contribution is -0.133. The van der Waals surface area contributed by atoms with Gasteiger partial charge in [0.15, 0.2) is 0 Å². The molecule has 0 spiro atoms. The highest BCUT2D eigenvalue weighted by Crippen LogP contribution is 2.35. The number of rotatable bonds is 5. The highest BCUT2D eigenvalue weighted by atomic mass is 16.2. The first-order valence-electron chi connectivity index (χ1n) is 10.4. The Bertz CT molecular complexity index is 809. The van der Waals surface area contributed by atoms with Crippen molar-refractivity contribution < 1.29 is 4.79 Å². The van der Waals surface area contributed by atoms with Crippen LogP contribution in [0.5, 0.6) is 0 Å². The topological polar surface area (TPSA) is 44.4 Å². The van der Waals surface area contributed by atoms with Crippen molar-refractivity contribution in [3.63, 3.8) is 0 Å². The van der Waals surface area contributed by atoms with Gasteiger partial charge in [-0.25, -0.2) is 0 Å². The van der Waals surface area contributed by atoms with Crippen LogP contribution in [0.2, 0.25) is 0 Å². The van der Waals surface area contributed by atoms with E-state index in [0.717, 1.165) is 45.4 Å². The molecule has 1 heterocycles. The molecule has 2 aliphatic rings. The minimum Gasteiger partial charge on any atom is -0.354 e. The summed E-state index contributed by atoms with van der Waals surface area (Å²) in [4.78, 5) is 15.9. The Morgan fingerprint density at radius 2 is 1.64 bits per heavy atom. The SMILES string of the molecule is Cc1cc(C)cc(CCNC(=O)C2(N3CCNCC3)Cc3ccccc3C2)c1. The molecule has 4 heteroatoms. The number of amides is 1. The predicted octanol–water partition coefficient (Wildman–Crippen LogP) is 2.40. The van der Waals surface area contributed by atoms with Gasteiger partial charge in [0.25, 0.3) is 0 Å². The van der Waals surface area contributed by atoms with Crippen LogP contribution < -0.4 is 10.6 Å². The van der Waals surface area contributed by atoms with Crippen LogP contribution in [0.15, 0.2) is 42.5 Å². The fourth-order valence-corrected chi connectivity index (χ4v) is 4.91. The number of hydrogen-bond acceptors (Lipinski definition) is 3. The molecular formula is C24H31N3O. The van der Waals surface area contributed by atoms with E-state index in [9.17, 15) is 4.79 Å². The number of nitrogens with zero attached hydrogens (tertiary/aromatic N) is 1. The number of nitrogens with one attached hydrogen (secondary N) is 2. The Balaban J connectivity index is 1.48. The molecule has 148 valence electrons. The Kier molecular flexibility index (Phi) is 5.51. The number of benzene rings is 2. The van der Waals surface area contributed by atoms with Gasteiger partial charge in [-0.15, -0.1) is 0 Å². The maximum Gasteiger partial charge on any atom is 0.241 e. The van der Waals surface area contributed by atoms with E-state index in [4.69, 9.17) is 0 Å². The van der Waals surface area contributed by atoms with E-state index in [1.165, 1.54) is 27.8 Å². The number of fused-ring (bicyclic) bond motifs is 1. The van der Waals surface area contributed by atoms with E-state index in [-0.39, 0.29) is 5.91 Å². The first-order valence-corrected chi connectivity index (χ1v) is 10.4. The normalized spacial score (nSPS) is 18.6. The summed E-state index contributed by atoms with van der Waals surface area (Å²) >= 11 is 0. The van der Waals surface area contributed by atoms with Crippen LogP contribution in [0.3, 0.4) is 0 Å². The van der Waals surface area contributed by atoms with E-state index >= 15 is 0 Å². The molecule has 1 aliphatic carbocycles. The van der Waals surface area contributed by atoms with Crippen LogP contribution in [0.4, 0.5) is 0 Å². The molecule has 0 saturated carbocycles. The van der Waals surface area contributed by atoms with Gasteiger partial charge < -0.3 is 10.6 Å². The van der Waals surface area contributed by atoms with Crippen LogP contribution >= 0.6 is 0 Å². The van der Waals surface area contributed by atoms with Crippen molar-refractivity contribution in [3.05, 3.63) is 70.3 Å². The number of carbonyl (C=O) groups is 1. The molecule has 0 atom stereocenters. The van der Waals surface area contributed by atoms with Crippen molar-refractivity contribution in [2.24, 2.45) is 0 Å². The minimum absolute atomic E-state index is 0.190. The van der Waals surface area contributed by atoms with E-state index in [1.807, 2.05) is 0 Å². The third-order valence-corrected chi connectivity index (χ3v) is 6.21. The lowest BCUT2D eigenvalue weighted by atomic mass is 9.91. The lowest BCUT2D eigenvalue weighted by Gasteiger charge is -2.42.